The van der Waals surface area contributed by atoms with Gasteiger partial charge in [0.2, 0.25) is 5.78 Å². The Morgan fingerprint density at radius 2 is 1.66 bits per heavy atom. The van der Waals surface area contributed by atoms with Gasteiger partial charge >= 0.3 is 5.97 Å². The number of benzene rings is 3. The summed E-state index contributed by atoms with van der Waals surface area (Å²) in [6.45, 7) is 1.79. The summed E-state index contributed by atoms with van der Waals surface area (Å²) < 4.78 is 11.2. The SMILES string of the molecule is Cc1cc(OC(=O)c2ccccc2)cc2c1C(=O)/C(=C/C=C/c1ccccc1)O2. The summed E-state index contributed by atoms with van der Waals surface area (Å²) in [7, 11) is 0. The molecule has 0 fully saturated rings. The molecule has 1 aliphatic rings. The second-order valence-corrected chi connectivity index (χ2v) is 6.60. The van der Waals surface area contributed by atoms with Crippen LogP contribution < -0.4 is 9.47 Å². The van der Waals surface area contributed by atoms with E-state index in [1.165, 1.54) is 0 Å². The summed E-state index contributed by atoms with van der Waals surface area (Å²) >= 11 is 0. The van der Waals surface area contributed by atoms with E-state index in [4.69, 9.17) is 9.47 Å². The van der Waals surface area contributed by atoms with Gasteiger partial charge in [-0.2, -0.15) is 0 Å². The van der Waals surface area contributed by atoms with Crippen LogP contribution in [0, 0.1) is 6.92 Å². The van der Waals surface area contributed by atoms with Gasteiger partial charge in [-0.1, -0.05) is 60.7 Å². The first-order valence-electron chi connectivity index (χ1n) is 9.19. The van der Waals surface area contributed by atoms with Gasteiger partial charge in [-0.3, -0.25) is 4.79 Å². The molecular formula is C25H18O4. The second-order valence-electron chi connectivity index (χ2n) is 6.60. The number of Topliss-reactive ketones (excluding diaryl/α,β-unsaturated/α-hetero) is 1. The van der Waals surface area contributed by atoms with E-state index in [-0.39, 0.29) is 11.5 Å². The van der Waals surface area contributed by atoms with Crippen molar-refractivity contribution in [3.63, 3.8) is 0 Å². The van der Waals surface area contributed by atoms with Gasteiger partial charge in [-0.15, -0.1) is 0 Å². The lowest BCUT2D eigenvalue weighted by Gasteiger charge is -2.07. The molecule has 0 aromatic heterocycles. The van der Waals surface area contributed by atoms with Crippen LogP contribution >= 0.6 is 0 Å². The lowest BCUT2D eigenvalue weighted by atomic mass is 10.0. The molecule has 1 aliphatic heterocycles. The van der Waals surface area contributed by atoms with Crippen LogP contribution in [0.5, 0.6) is 11.5 Å². The van der Waals surface area contributed by atoms with Crippen molar-refractivity contribution in [1.29, 1.82) is 0 Å². The number of ether oxygens (including phenoxy) is 2. The Hall–Kier alpha value is -3.92. The predicted octanol–water partition coefficient (Wildman–Crippen LogP) is 5.39. The van der Waals surface area contributed by atoms with Gasteiger partial charge in [0.15, 0.2) is 5.76 Å². The van der Waals surface area contributed by atoms with E-state index in [1.807, 2.05) is 42.5 Å². The first-order valence-corrected chi connectivity index (χ1v) is 9.19. The Bertz CT molecular complexity index is 1130. The van der Waals surface area contributed by atoms with Crippen LogP contribution in [0.15, 0.2) is 90.7 Å². The molecular weight excluding hydrogens is 364 g/mol. The highest BCUT2D eigenvalue weighted by Gasteiger charge is 2.29. The molecule has 0 radical (unpaired) electrons. The molecule has 0 amide bonds. The molecule has 0 saturated carbocycles. The summed E-state index contributed by atoms with van der Waals surface area (Å²) in [5.41, 5.74) is 2.66. The maximum Gasteiger partial charge on any atom is 0.343 e. The number of aryl methyl sites for hydroxylation is 1. The first kappa shape index (κ1) is 18.4. The minimum absolute atomic E-state index is 0.184. The Morgan fingerprint density at radius 3 is 2.38 bits per heavy atom. The molecule has 0 unspecified atom stereocenters. The number of fused-ring (bicyclic) bond motifs is 1. The number of esters is 1. The molecule has 1 heterocycles. The highest BCUT2D eigenvalue weighted by molar-refractivity contribution is 6.13. The standard InChI is InChI=1S/C25H18O4/c1-17-15-20(28-25(27)19-12-6-3-7-13-19)16-22-23(17)24(26)21(29-22)14-8-11-18-9-4-2-5-10-18/h2-16H,1H3/b11-8+,21-14-. The quantitative estimate of drug-likeness (QED) is 0.345. The summed E-state index contributed by atoms with van der Waals surface area (Å²) in [6.07, 6.45) is 5.32. The van der Waals surface area contributed by atoms with Crippen molar-refractivity contribution in [2.75, 3.05) is 0 Å². The van der Waals surface area contributed by atoms with Gasteiger partial charge in [0.25, 0.3) is 0 Å². The van der Waals surface area contributed by atoms with Crippen molar-refractivity contribution in [2.45, 2.75) is 6.92 Å². The van der Waals surface area contributed by atoms with Crippen molar-refractivity contribution in [3.05, 3.63) is 113 Å². The van der Waals surface area contributed by atoms with Gasteiger partial charge in [0.1, 0.15) is 11.5 Å². The number of carbonyl (C=O) groups is 2. The van der Waals surface area contributed by atoms with E-state index in [1.54, 1.807) is 55.5 Å². The van der Waals surface area contributed by atoms with E-state index >= 15 is 0 Å². The normalized spacial score (nSPS) is 14.1. The fourth-order valence-electron chi connectivity index (χ4n) is 3.10. The highest BCUT2D eigenvalue weighted by Crippen LogP contribution is 2.37. The monoisotopic (exact) mass is 382 g/mol. The van der Waals surface area contributed by atoms with Crippen LogP contribution in [-0.2, 0) is 0 Å². The smallest absolute Gasteiger partial charge is 0.343 e. The third kappa shape index (κ3) is 4.01. The zero-order valence-electron chi connectivity index (χ0n) is 15.8. The molecule has 142 valence electrons. The van der Waals surface area contributed by atoms with Crippen LogP contribution in [0.3, 0.4) is 0 Å². The third-order valence-corrected chi connectivity index (χ3v) is 4.50. The summed E-state index contributed by atoms with van der Waals surface area (Å²) in [4.78, 5) is 25.0. The van der Waals surface area contributed by atoms with Crippen molar-refractivity contribution >= 4 is 17.8 Å². The number of rotatable bonds is 4. The zero-order chi connectivity index (χ0) is 20.2. The van der Waals surface area contributed by atoms with Crippen molar-refractivity contribution in [2.24, 2.45) is 0 Å². The first-order chi connectivity index (χ1) is 14.1. The molecule has 4 rings (SSSR count). The number of hydrogen-bond donors (Lipinski definition) is 0. The van der Waals surface area contributed by atoms with E-state index in [0.29, 0.717) is 28.2 Å². The van der Waals surface area contributed by atoms with Gasteiger partial charge in [0, 0.05) is 6.07 Å². The minimum atomic E-state index is -0.462. The molecule has 0 saturated heterocycles. The maximum absolute atomic E-state index is 12.7. The zero-order valence-corrected chi connectivity index (χ0v) is 15.8. The summed E-state index contributed by atoms with van der Waals surface area (Å²) in [5.74, 6) is 0.322. The molecule has 0 bridgehead atoms. The Labute approximate surface area is 168 Å². The minimum Gasteiger partial charge on any atom is -0.452 e. The van der Waals surface area contributed by atoms with E-state index in [0.717, 1.165) is 5.56 Å². The Morgan fingerprint density at radius 1 is 0.966 bits per heavy atom. The van der Waals surface area contributed by atoms with E-state index in [2.05, 4.69) is 0 Å². The molecule has 4 nitrogen and oxygen atoms in total. The fraction of sp³-hybridized carbons (Fsp3) is 0.0400. The third-order valence-electron chi connectivity index (χ3n) is 4.50. The molecule has 29 heavy (non-hydrogen) atoms. The predicted molar refractivity (Wildman–Crippen MR) is 111 cm³/mol. The topological polar surface area (TPSA) is 52.6 Å². The number of hydrogen-bond acceptors (Lipinski definition) is 4. The van der Waals surface area contributed by atoms with Crippen LogP contribution in [0.2, 0.25) is 0 Å². The van der Waals surface area contributed by atoms with Gasteiger partial charge in [-0.05, 0) is 42.3 Å². The fourth-order valence-corrected chi connectivity index (χ4v) is 3.10. The van der Waals surface area contributed by atoms with Crippen LogP contribution in [0.1, 0.15) is 31.8 Å². The van der Waals surface area contributed by atoms with Crippen LogP contribution in [0.4, 0.5) is 0 Å². The molecule has 0 spiro atoms. The molecule has 4 heteroatoms. The largest absolute Gasteiger partial charge is 0.452 e. The van der Waals surface area contributed by atoms with Gasteiger partial charge in [0.05, 0.1) is 11.1 Å². The second kappa shape index (κ2) is 7.98. The number of allylic oxidation sites excluding steroid dienone is 3. The molecule has 3 aromatic carbocycles. The average molecular weight is 382 g/mol. The van der Waals surface area contributed by atoms with E-state index in [9.17, 15) is 9.59 Å². The lowest BCUT2D eigenvalue weighted by Crippen LogP contribution is -2.08. The van der Waals surface area contributed by atoms with Gasteiger partial charge < -0.3 is 9.47 Å². The molecule has 0 N–H and O–H groups in total. The Kier molecular flexibility index (Phi) is 5.08. The number of ketones is 1. The van der Waals surface area contributed by atoms with Crippen molar-refractivity contribution in [1.82, 2.24) is 0 Å². The van der Waals surface area contributed by atoms with Crippen LogP contribution in [-0.4, -0.2) is 11.8 Å². The van der Waals surface area contributed by atoms with Crippen molar-refractivity contribution in [3.8, 4) is 11.5 Å². The lowest BCUT2D eigenvalue weighted by molar-refractivity contribution is 0.0734. The van der Waals surface area contributed by atoms with Gasteiger partial charge in [-0.25, -0.2) is 4.79 Å². The molecule has 0 aliphatic carbocycles. The number of carbonyl (C=O) groups excluding carboxylic acids is 2. The van der Waals surface area contributed by atoms with Crippen molar-refractivity contribution < 1.29 is 19.1 Å². The maximum atomic E-state index is 12.7. The highest BCUT2D eigenvalue weighted by atomic mass is 16.5. The molecule has 3 aromatic rings. The Balaban J connectivity index is 1.54. The summed E-state index contributed by atoms with van der Waals surface area (Å²) in [6, 6.07) is 21.8. The van der Waals surface area contributed by atoms with E-state index < -0.39 is 5.97 Å². The molecule has 0 atom stereocenters. The summed E-state index contributed by atoms with van der Waals surface area (Å²) in [5, 5.41) is 0. The average Bonchev–Trinajstić information content (AvgIpc) is 3.05. The van der Waals surface area contributed by atoms with Crippen LogP contribution in [0.25, 0.3) is 6.08 Å².